The fourth-order valence-corrected chi connectivity index (χ4v) is 6.28. The highest BCUT2D eigenvalue weighted by atomic mass is 79.9. The van der Waals surface area contributed by atoms with Gasteiger partial charge in [-0.05, 0) is 47.6 Å². The van der Waals surface area contributed by atoms with Crippen molar-refractivity contribution in [3.05, 3.63) is 76.2 Å². The number of unbranched alkanes of at least 4 members (excludes halogenated alkanes) is 11. The number of carbonyl (C=O) groups excluding carboxylic acids is 1. The summed E-state index contributed by atoms with van der Waals surface area (Å²) in [5.74, 6) is 1.06. The van der Waals surface area contributed by atoms with Gasteiger partial charge in [0.25, 0.3) is 0 Å². The molecule has 0 N–H and O–H groups in total. The summed E-state index contributed by atoms with van der Waals surface area (Å²) < 4.78 is 8.58. The molecule has 0 radical (unpaired) electrons. The highest BCUT2D eigenvalue weighted by Gasteiger charge is 2.20. The van der Waals surface area contributed by atoms with E-state index in [2.05, 4.69) is 79.7 Å². The maximum Gasteiger partial charge on any atom is 0.224 e. The van der Waals surface area contributed by atoms with Crippen molar-refractivity contribution >= 4 is 22.9 Å². The molecule has 2 aromatic carbocycles. The van der Waals surface area contributed by atoms with Crippen LogP contribution in [0.4, 0.5) is 5.69 Å². The van der Waals surface area contributed by atoms with Crippen molar-refractivity contribution in [2.24, 2.45) is 0 Å². The normalized spacial score (nSPS) is 11.3. The summed E-state index contributed by atoms with van der Waals surface area (Å²) in [4.78, 5) is 14.6. The second-order valence-corrected chi connectivity index (χ2v) is 13.9. The number of halogens is 1. The number of rotatable bonds is 20. The third-order valence-corrected chi connectivity index (χ3v) is 8.90. The number of thiazole rings is 1. The molecule has 0 atom stereocenters. The fraction of sp³-hybridized carbons (Fsp3) is 0.579. The van der Waals surface area contributed by atoms with Crippen LogP contribution in [0.1, 0.15) is 128 Å². The van der Waals surface area contributed by atoms with Gasteiger partial charge in [0.15, 0.2) is 12.7 Å². The minimum Gasteiger partial charge on any atom is -1.00 e. The maximum atomic E-state index is 12.7. The lowest BCUT2D eigenvalue weighted by Gasteiger charge is -2.25. The van der Waals surface area contributed by atoms with Crippen molar-refractivity contribution in [1.29, 1.82) is 0 Å². The molecule has 1 aromatic heterocycles. The largest absolute Gasteiger partial charge is 1.00 e. The van der Waals surface area contributed by atoms with Crippen molar-refractivity contribution in [3.8, 4) is 5.75 Å². The Kier molecular flexibility index (Phi) is 17.9. The van der Waals surface area contributed by atoms with Crippen LogP contribution in [0.5, 0.6) is 5.75 Å². The van der Waals surface area contributed by atoms with E-state index < -0.39 is 0 Å². The van der Waals surface area contributed by atoms with E-state index in [1.165, 1.54) is 87.3 Å². The highest BCUT2D eigenvalue weighted by Crippen LogP contribution is 2.33. The van der Waals surface area contributed by atoms with Crippen LogP contribution in [0.25, 0.3) is 0 Å². The number of benzene rings is 2. The molecule has 4 nitrogen and oxygen atoms in total. The van der Waals surface area contributed by atoms with Gasteiger partial charge >= 0.3 is 0 Å². The van der Waals surface area contributed by atoms with Crippen LogP contribution in [-0.4, -0.2) is 19.1 Å². The Morgan fingerprint density at radius 2 is 1.52 bits per heavy atom. The lowest BCUT2D eigenvalue weighted by molar-refractivity contribution is -0.683. The smallest absolute Gasteiger partial charge is 0.224 e. The van der Waals surface area contributed by atoms with Crippen molar-refractivity contribution in [2.75, 3.05) is 18.1 Å². The Bertz CT molecular complexity index is 1210. The third kappa shape index (κ3) is 13.9. The summed E-state index contributed by atoms with van der Waals surface area (Å²) in [7, 11) is 0. The Hall–Kier alpha value is -2.18. The average molecular weight is 686 g/mol. The Morgan fingerprint density at radius 3 is 2.11 bits per heavy atom. The van der Waals surface area contributed by atoms with Crippen molar-refractivity contribution in [3.63, 3.8) is 0 Å². The van der Waals surface area contributed by atoms with Gasteiger partial charge in [0.1, 0.15) is 5.75 Å². The van der Waals surface area contributed by atoms with Gasteiger partial charge in [-0.15, -0.1) is 0 Å². The van der Waals surface area contributed by atoms with E-state index in [0.717, 1.165) is 37.4 Å². The number of aromatic nitrogens is 1. The topological polar surface area (TPSA) is 33.4 Å². The molecule has 244 valence electrons. The summed E-state index contributed by atoms with van der Waals surface area (Å²) >= 11 is 1.68. The van der Waals surface area contributed by atoms with Gasteiger partial charge in [0.05, 0.1) is 12.0 Å². The first-order chi connectivity index (χ1) is 20.8. The number of hydrogen-bond donors (Lipinski definition) is 0. The van der Waals surface area contributed by atoms with E-state index in [1.807, 2.05) is 17.0 Å². The van der Waals surface area contributed by atoms with E-state index in [4.69, 9.17) is 4.74 Å². The lowest BCUT2D eigenvalue weighted by Crippen LogP contribution is -3.00. The first kappa shape index (κ1) is 38.0. The zero-order valence-electron chi connectivity index (χ0n) is 28.1. The predicted molar refractivity (Wildman–Crippen MR) is 184 cm³/mol. The van der Waals surface area contributed by atoms with Gasteiger partial charge in [-0.2, -0.15) is 4.57 Å². The van der Waals surface area contributed by atoms with Crippen molar-refractivity contribution in [2.45, 2.75) is 130 Å². The van der Waals surface area contributed by atoms with Gasteiger partial charge < -0.3 is 26.6 Å². The molecule has 0 fully saturated rings. The number of amides is 1. The molecule has 3 rings (SSSR count). The Labute approximate surface area is 283 Å². The third-order valence-electron chi connectivity index (χ3n) is 8.23. The second-order valence-electron chi connectivity index (χ2n) is 13.1. The van der Waals surface area contributed by atoms with Gasteiger partial charge in [0.2, 0.25) is 11.4 Å². The van der Waals surface area contributed by atoms with Crippen LogP contribution in [-0.2, 0) is 23.2 Å². The minimum atomic E-state index is 0. The van der Waals surface area contributed by atoms with Crippen LogP contribution in [0.15, 0.2) is 59.6 Å². The van der Waals surface area contributed by atoms with Gasteiger partial charge in [-0.25, -0.2) is 0 Å². The molecule has 0 bridgehead atoms. The van der Waals surface area contributed by atoms with Gasteiger partial charge in [-0.3, -0.25) is 4.79 Å². The Balaban J connectivity index is 0.00000675. The molecule has 0 aliphatic heterocycles. The molecule has 0 aliphatic rings. The van der Waals surface area contributed by atoms with E-state index >= 15 is 0 Å². The van der Waals surface area contributed by atoms with E-state index in [1.54, 1.807) is 18.3 Å². The second kappa shape index (κ2) is 20.8. The molecule has 1 heterocycles. The summed E-state index contributed by atoms with van der Waals surface area (Å²) in [5.41, 5.74) is 6.71. The Morgan fingerprint density at radius 1 is 0.864 bits per heavy atom. The fourth-order valence-electron chi connectivity index (χ4n) is 5.68. The lowest BCUT2D eigenvalue weighted by atomic mass is 9.85. The summed E-state index contributed by atoms with van der Waals surface area (Å²) in [6.45, 7) is 12.9. The number of ether oxygens (including phenoxy) is 1. The minimum absolute atomic E-state index is 0. The van der Waals surface area contributed by atoms with Crippen LogP contribution < -0.4 is 31.2 Å². The first-order valence-electron chi connectivity index (χ1n) is 16.8. The van der Waals surface area contributed by atoms with E-state index in [-0.39, 0.29) is 28.3 Å². The molecule has 6 heteroatoms. The number of nitrogens with zero attached hydrogens (tertiary/aromatic N) is 2. The first-order valence-corrected chi connectivity index (χ1v) is 17.8. The van der Waals surface area contributed by atoms with Gasteiger partial charge in [-0.1, -0.05) is 134 Å². The number of carbonyl (C=O) groups is 1. The van der Waals surface area contributed by atoms with Crippen LogP contribution in [0, 0.1) is 0 Å². The van der Waals surface area contributed by atoms with Crippen LogP contribution in [0.3, 0.4) is 0 Å². The molecule has 0 saturated carbocycles. The number of anilines is 1. The zero-order chi connectivity index (χ0) is 30.9. The summed E-state index contributed by atoms with van der Waals surface area (Å²) in [5, 5.41) is 2.08. The molecular formula is C38H57BrN2O2S. The van der Waals surface area contributed by atoms with E-state index in [0.29, 0.717) is 6.54 Å². The molecule has 0 saturated heterocycles. The SMILES string of the molecule is CCCCCCCCCCCCCCOc1cc(CCN(C(C)=O)c2cccc(C[n+]3ccsc3)c2)ccc1C(C)(C)C.[Br-]. The maximum absolute atomic E-state index is 12.7. The average Bonchev–Trinajstić information content (AvgIpc) is 3.48. The monoisotopic (exact) mass is 684 g/mol. The molecule has 0 unspecified atom stereocenters. The quantitative estimate of drug-likeness (QED) is 0.0943. The standard InChI is InChI=1S/C38H57N2O2S.BrH/c1-6-7-8-9-10-11-12-13-14-15-16-17-26-42-37-29-33(21-22-36(37)38(3,4)5)23-24-40(32(2)41)35-20-18-19-34(28-35)30-39-25-27-43-31-39;/h18-22,25,27-29,31H,6-17,23-24,26,30H2,1-5H3;1H/q+1;/p-1. The molecule has 44 heavy (non-hydrogen) atoms. The molecule has 0 spiro atoms. The van der Waals surface area contributed by atoms with E-state index in [9.17, 15) is 4.79 Å². The van der Waals surface area contributed by atoms with Gasteiger partial charge in [0, 0.05) is 24.7 Å². The molecule has 0 aliphatic carbocycles. The predicted octanol–water partition coefficient (Wildman–Crippen LogP) is 7.06. The summed E-state index contributed by atoms with van der Waals surface area (Å²) in [6.07, 6.45) is 19.0. The molecular weight excluding hydrogens is 628 g/mol. The van der Waals surface area contributed by atoms with Crippen molar-refractivity contribution < 1.29 is 31.1 Å². The van der Waals surface area contributed by atoms with Crippen LogP contribution >= 0.6 is 11.3 Å². The summed E-state index contributed by atoms with van der Waals surface area (Å²) in [6, 6.07) is 15.0. The molecule has 3 aromatic rings. The highest BCUT2D eigenvalue weighted by molar-refractivity contribution is 7.07. The van der Waals surface area contributed by atoms with Crippen LogP contribution in [0.2, 0.25) is 0 Å². The number of hydrogen-bond acceptors (Lipinski definition) is 3. The molecule has 1 amide bonds. The zero-order valence-corrected chi connectivity index (χ0v) is 30.5. The van der Waals surface area contributed by atoms with Crippen molar-refractivity contribution in [1.82, 2.24) is 0 Å².